The molecule has 0 amide bonds. The lowest BCUT2D eigenvalue weighted by Crippen LogP contribution is -2.46. The van der Waals surface area contributed by atoms with Crippen molar-refractivity contribution in [1.29, 1.82) is 0 Å². The molecule has 1 aliphatic heterocycles. The lowest BCUT2D eigenvalue weighted by atomic mass is 9.96. The van der Waals surface area contributed by atoms with E-state index in [2.05, 4.69) is 24.1 Å². The Kier molecular flexibility index (Phi) is 7.91. The van der Waals surface area contributed by atoms with Crippen LogP contribution in [-0.2, 0) is 4.74 Å². The fourth-order valence-electron chi connectivity index (χ4n) is 2.83. The van der Waals surface area contributed by atoms with Crippen molar-refractivity contribution >= 4 is 0 Å². The molecule has 0 radical (unpaired) electrons. The van der Waals surface area contributed by atoms with E-state index in [1.165, 1.54) is 19.5 Å². The average Bonchev–Trinajstić information content (AvgIpc) is 2.85. The topological polar surface area (TPSA) is 44.7 Å². The third kappa shape index (κ3) is 6.21. The van der Waals surface area contributed by atoms with Crippen molar-refractivity contribution in [1.82, 2.24) is 10.2 Å². The highest BCUT2D eigenvalue weighted by Crippen LogP contribution is 2.18. The molecule has 1 aliphatic rings. The van der Waals surface area contributed by atoms with E-state index in [1.54, 1.807) is 7.11 Å². The monoisotopic (exact) mass is 272 g/mol. The van der Waals surface area contributed by atoms with Gasteiger partial charge >= 0.3 is 0 Å². The quantitative estimate of drug-likeness (QED) is 0.632. The molecule has 2 atom stereocenters. The summed E-state index contributed by atoms with van der Waals surface area (Å²) in [5, 5.41) is 13.0. The SMILES string of the molecule is CCCNC(C)(CO)CCCN1CCC(COC)C1. The molecule has 4 nitrogen and oxygen atoms in total. The highest BCUT2D eigenvalue weighted by Gasteiger charge is 2.24. The molecule has 0 aromatic carbocycles. The summed E-state index contributed by atoms with van der Waals surface area (Å²) < 4.78 is 5.22. The van der Waals surface area contributed by atoms with Crippen molar-refractivity contribution in [2.24, 2.45) is 5.92 Å². The zero-order valence-electron chi connectivity index (χ0n) is 13.0. The van der Waals surface area contributed by atoms with Crippen molar-refractivity contribution in [2.75, 3.05) is 46.5 Å². The van der Waals surface area contributed by atoms with Crippen LogP contribution in [0.5, 0.6) is 0 Å². The molecule has 0 bridgehead atoms. The number of ether oxygens (including phenoxy) is 1. The molecule has 1 fully saturated rings. The van der Waals surface area contributed by atoms with Gasteiger partial charge in [0.15, 0.2) is 0 Å². The summed E-state index contributed by atoms with van der Waals surface area (Å²) in [6.07, 6.45) is 4.56. The minimum absolute atomic E-state index is 0.109. The van der Waals surface area contributed by atoms with Gasteiger partial charge in [-0.1, -0.05) is 6.92 Å². The molecular weight excluding hydrogens is 240 g/mol. The van der Waals surface area contributed by atoms with Gasteiger partial charge in [-0.05, 0) is 58.2 Å². The number of hydrogen-bond acceptors (Lipinski definition) is 4. The third-order valence-electron chi connectivity index (χ3n) is 4.13. The minimum Gasteiger partial charge on any atom is -0.394 e. The molecule has 2 unspecified atom stereocenters. The third-order valence-corrected chi connectivity index (χ3v) is 4.13. The maximum atomic E-state index is 9.52. The van der Waals surface area contributed by atoms with Crippen LogP contribution in [0.2, 0.25) is 0 Å². The standard InChI is InChI=1S/C15H32N2O2/c1-4-8-16-15(2,13-18)7-5-9-17-10-6-14(11-17)12-19-3/h14,16,18H,4-13H2,1-3H3. The first-order valence-electron chi connectivity index (χ1n) is 7.70. The molecule has 1 heterocycles. The zero-order chi connectivity index (χ0) is 14.1. The first kappa shape index (κ1) is 16.9. The summed E-state index contributed by atoms with van der Waals surface area (Å²) in [6.45, 7) is 9.90. The predicted molar refractivity (Wildman–Crippen MR) is 79.4 cm³/mol. The van der Waals surface area contributed by atoms with Crippen molar-refractivity contribution in [3.8, 4) is 0 Å². The Hall–Kier alpha value is -0.160. The Morgan fingerprint density at radius 1 is 1.47 bits per heavy atom. The number of aliphatic hydroxyl groups is 1. The normalized spacial score (nSPS) is 23.7. The first-order chi connectivity index (χ1) is 9.13. The van der Waals surface area contributed by atoms with Gasteiger partial charge in [0.2, 0.25) is 0 Å². The fourth-order valence-corrected chi connectivity index (χ4v) is 2.83. The summed E-state index contributed by atoms with van der Waals surface area (Å²) in [5.41, 5.74) is -0.109. The van der Waals surface area contributed by atoms with Crippen molar-refractivity contribution < 1.29 is 9.84 Å². The summed E-state index contributed by atoms with van der Waals surface area (Å²) in [5.74, 6) is 0.715. The molecule has 0 aromatic rings. The van der Waals surface area contributed by atoms with Gasteiger partial charge in [0.25, 0.3) is 0 Å². The Morgan fingerprint density at radius 3 is 2.89 bits per heavy atom. The van der Waals surface area contributed by atoms with Crippen LogP contribution in [0, 0.1) is 5.92 Å². The van der Waals surface area contributed by atoms with E-state index < -0.39 is 0 Å². The summed E-state index contributed by atoms with van der Waals surface area (Å²) in [6, 6.07) is 0. The van der Waals surface area contributed by atoms with E-state index >= 15 is 0 Å². The zero-order valence-corrected chi connectivity index (χ0v) is 13.0. The Labute approximate surface area is 118 Å². The summed E-state index contributed by atoms with van der Waals surface area (Å²) >= 11 is 0. The van der Waals surface area contributed by atoms with Gasteiger partial charge in [0, 0.05) is 19.2 Å². The van der Waals surface area contributed by atoms with E-state index in [0.29, 0.717) is 5.92 Å². The van der Waals surface area contributed by atoms with Crippen LogP contribution >= 0.6 is 0 Å². The van der Waals surface area contributed by atoms with E-state index in [4.69, 9.17) is 4.74 Å². The molecule has 0 spiro atoms. The van der Waals surface area contributed by atoms with Crippen LogP contribution in [0.1, 0.15) is 39.5 Å². The van der Waals surface area contributed by atoms with Gasteiger partial charge in [-0.15, -0.1) is 0 Å². The van der Waals surface area contributed by atoms with Crippen molar-refractivity contribution in [3.63, 3.8) is 0 Å². The van der Waals surface area contributed by atoms with Gasteiger partial charge in [-0.25, -0.2) is 0 Å². The van der Waals surface area contributed by atoms with Crippen LogP contribution in [0.15, 0.2) is 0 Å². The average molecular weight is 272 g/mol. The van der Waals surface area contributed by atoms with Gasteiger partial charge < -0.3 is 20.1 Å². The van der Waals surface area contributed by atoms with Crippen LogP contribution < -0.4 is 5.32 Å². The molecule has 4 heteroatoms. The van der Waals surface area contributed by atoms with Crippen LogP contribution in [0.25, 0.3) is 0 Å². The van der Waals surface area contributed by atoms with Crippen LogP contribution in [-0.4, -0.2) is 62.0 Å². The molecule has 1 saturated heterocycles. The minimum atomic E-state index is -0.109. The number of likely N-dealkylation sites (tertiary alicyclic amines) is 1. The van der Waals surface area contributed by atoms with E-state index in [-0.39, 0.29) is 12.1 Å². The van der Waals surface area contributed by atoms with Gasteiger partial charge in [-0.2, -0.15) is 0 Å². The highest BCUT2D eigenvalue weighted by molar-refractivity contribution is 4.83. The van der Waals surface area contributed by atoms with Crippen LogP contribution in [0.4, 0.5) is 0 Å². The number of nitrogens with zero attached hydrogens (tertiary/aromatic N) is 1. The number of hydrogen-bond donors (Lipinski definition) is 2. The number of aliphatic hydroxyl groups excluding tert-OH is 1. The molecule has 1 rings (SSSR count). The summed E-state index contributed by atoms with van der Waals surface area (Å²) in [7, 11) is 1.79. The number of rotatable bonds is 10. The Morgan fingerprint density at radius 2 is 2.26 bits per heavy atom. The second-order valence-electron chi connectivity index (χ2n) is 6.16. The van der Waals surface area contributed by atoms with Gasteiger partial charge in [0.1, 0.15) is 0 Å². The largest absolute Gasteiger partial charge is 0.394 e. The highest BCUT2D eigenvalue weighted by atomic mass is 16.5. The molecule has 114 valence electrons. The smallest absolute Gasteiger partial charge is 0.0610 e. The summed E-state index contributed by atoms with van der Waals surface area (Å²) in [4.78, 5) is 2.53. The molecule has 2 N–H and O–H groups in total. The fraction of sp³-hybridized carbons (Fsp3) is 1.00. The van der Waals surface area contributed by atoms with E-state index in [0.717, 1.165) is 39.0 Å². The molecule has 0 aliphatic carbocycles. The van der Waals surface area contributed by atoms with E-state index in [9.17, 15) is 5.11 Å². The second-order valence-corrected chi connectivity index (χ2v) is 6.16. The second kappa shape index (κ2) is 8.90. The lowest BCUT2D eigenvalue weighted by Gasteiger charge is -2.29. The predicted octanol–water partition coefficient (Wildman–Crippen LogP) is 1.49. The molecule has 19 heavy (non-hydrogen) atoms. The van der Waals surface area contributed by atoms with Gasteiger partial charge in [0.05, 0.1) is 13.2 Å². The van der Waals surface area contributed by atoms with Crippen LogP contribution in [0.3, 0.4) is 0 Å². The Bertz CT molecular complexity index is 238. The van der Waals surface area contributed by atoms with Crippen molar-refractivity contribution in [2.45, 2.75) is 45.1 Å². The number of nitrogens with one attached hydrogen (secondary N) is 1. The molecular formula is C15H32N2O2. The maximum absolute atomic E-state index is 9.52. The Balaban J connectivity index is 2.18. The van der Waals surface area contributed by atoms with Gasteiger partial charge in [-0.3, -0.25) is 0 Å². The molecule has 0 aromatic heterocycles. The van der Waals surface area contributed by atoms with E-state index in [1.807, 2.05) is 0 Å². The van der Waals surface area contributed by atoms with Crippen molar-refractivity contribution in [3.05, 3.63) is 0 Å². The maximum Gasteiger partial charge on any atom is 0.0610 e. The first-order valence-corrected chi connectivity index (χ1v) is 7.70. The number of methoxy groups -OCH3 is 1. The lowest BCUT2D eigenvalue weighted by molar-refractivity contribution is 0.148. The molecule has 0 saturated carbocycles.